The quantitative estimate of drug-likeness (QED) is 0.527. The van der Waals surface area contributed by atoms with Crippen molar-refractivity contribution in [2.45, 2.75) is 19.0 Å². The summed E-state index contributed by atoms with van der Waals surface area (Å²) in [4.78, 5) is 16.3. The molecule has 0 aliphatic rings. The van der Waals surface area contributed by atoms with Gasteiger partial charge in [-0.15, -0.1) is 5.10 Å². The molecule has 1 aromatic carbocycles. The lowest BCUT2D eigenvalue weighted by atomic mass is 10.2. The van der Waals surface area contributed by atoms with Crippen LogP contribution >= 0.6 is 11.8 Å². The Bertz CT molecular complexity index is 818. The molecule has 2 rings (SSSR count). The van der Waals surface area contributed by atoms with Crippen LogP contribution in [0.5, 0.6) is 0 Å². The SMILES string of the molecule is CCS(=O)(=O)N(C)c1ccc(C(=O)NCCSc2n[nH]c(C)n2)cc1. The summed E-state index contributed by atoms with van der Waals surface area (Å²) in [5.74, 6) is 1.22. The molecule has 136 valence electrons. The summed E-state index contributed by atoms with van der Waals surface area (Å²) in [6, 6.07) is 6.46. The van der Waals surface area contributed by atoms with Crippen molar-refractivity contribution >= 4 is 33.4 Å². The number of rotatable bonds is 8. The molecule has 0 radical (unpaired) electrons. The number of sulfonamides is 1. The lowest BCUT2D eigenvalue weighted by molar-refractivity contribution is 0.0956. The van der Waals surface area contributed by atoms with Gasteiger partial charge in [0.15, 0.2) is 0 Å². The smallest absolute Gasteiger partial charge is 0.251 e. The van der Waals surface area contributed by atoms with Crippen molar-refractivity contribution < 1.29 is 13.2 Å². The number of nitrogens with one attached hydrogen (secondary N) is 2. The molecule has 1 amide bonds. The molecule has 1 heterocycles. The molecule has 0 aliphatic heterocycles. The second kappa shape index (κ2) is 8.34. The van der Waals surface area contributed by atoms with Crippen molar-refractivity contribution in [3.63, 3.8) is 0 Å². The molecule has 1 aromatic heterocycles. The van der Waals surface area contributed by atoms with Gasteiger partial charge in [-0.1, -0.05) is 11.8 Å². The van der Waals surface area contributed by atoms with Crippen LogP contribution in [0.2, 0.25) is 0 Å². The van der Waals surface area contributed by atoms with Crippen molar-refractivity contribution in [3.8, 4) is 0 Å². The Labute approximate surface area is 151 Å². The fourth-order valence-corrected chi connectivity index (χ4v) is 3.50. The number of aromatic nitrogens is 3. The van der Waals surface area contributed by atoms with Crippen LogP contribution in [0.15, 0.2) is 29.4 Å². The number of amides is 1. The van der Waals surface area contributed by atoms with Gasteiger partial charge in [0, 0.05) is 24.9 Å². The molecular weight excluding hydrogens is 362 g/mol. The number of aryl methyl sites for hydroxylation is 1. The van der Waals surface area contributed by atoms with Crippen LogP contribution in [-0.2, 0) is 10.0 Å². The van der Waals surface area contributed by atoms with Gasteiger partial charge >= 0.3 is 0 Å². The molecular formula is C15H21N5O3S2. The molecule has 0 fully saturated rings. The molecule has 0 saturated carbocycles. The van der Waals surface area contributed by atoms with E-state index in [4.69, 9.17) is 0 Å². The Morgan fingerprint density at radius 1 is 1.32 bits per heavy atom. The molecule has 2 aromatic rings. The first-order valence-corrected chi connectivity index (χ1v) is 10.3. The van der Waals surface area contributed by atoms with Gasteiger partial charge in [-0.2, -0.15) is 0 Å². The van der Waals surface area contributed by atoms with Crippen LogP contribution < -0.4 is 9.62 Å². The zero-order valence-electron chi connectivity index (χ0n) is 14.3. The summed E-state index contributed by atoms with van der Waals surface area (Å²) in [7, 11) is -1.81. The first-order valence-electron chi connectivity index (χ1n) is 7.70. The number of benzene rings is 1. The van der Waals surface area contributed by atoms with Crippen LogP contribution in [0.3, 0.4) is 0 Å². The van der Waals surface area contributed by atoms with E-state index in [1.54, 1.807) is 31.2 Å². The minimum atomic E-state index is -3.31. The number of H-pyrrole nitrogens is 1. The van der Waals surface area contributed by atoms with E-state index in [9.17, 15) is 13.2 Å². The molecule has 2 N–H and O–H groups in total. The van der Waals surface area contributed by atoms with Crippen LogP contribution in [0, 0.1) is 6.92 Å². The molecule has 10 heteroatoms. The van der Waals surface area contributed by atoms with Gasteiger partial charge in [-0.25, -0.2) is 13.4 Å². The summed E-state index contributed by atoms with van der Waals surface area (Å²) in [6.45, 7) is 3.89. The zero-order valence-corrected chi connectivity index (χ0v) is 15.9. The second-order valence-electron chi connectivity index (χ2n) is 5.22. The Morgan fingerprint density at radius 2 is 2.00 bits per heavy atom. The molecule has 0 unspecified atom stereocenters. The maximum atomic E-state index is 12.1. The first kappa shape index (κ1) is 19.3. The molecule has 0 bridgehead atoms. The van der Waals surface area contributed by atoms with E-state index in [2.05, 4.69) is 20.5 Å². The topological polar surface area (TPSA) is 108 Å². The van der Waals surface area contributed by atoms with E-state index in [0.717, 1.165) is 5.82 Å². The third-order valence-corrected chi connectivity index (χ3v) is 6.09. The van der Waals surface area contributed by atoms with E-state index in [-0.39, 0.29) is 11.7 Å². The predicted octanol–water partition coefficient (Wildman–Crippen LogP) is 1.42. The van der Waals surface area contributed by atoms with E-state index in [1.165, 1.54) is 23.1 Å². The second-order valence-corrected chi connectivity index (χ2v) is 8.57. The van der Waals surface area contributed by atoms with Gasteiger partial charge in [-0.05, 0) is 38.1 Å². The Kier molecular flexibility index (Phi) is 6.43. The third-order valence-electron chi connectivity index (χ3n) is 3.47. The average Bonchev–Trinajstić information content (AvgIpc) is 3.03. The molecule has 0 spiro atoms. The summed E-state index contributed by atoms with van der Waals surface area (Å²) in [5.41, 5.74) is 0.999. The summed E-state index contributed by atoms with van der Waals surface area (Å²) in [5, 5.41) is 10.2. The van der Waals surface area contributed by atoms with Gasteiger partial charge in [-0.3, -0.25) is 14.2 Å². The van der Waals surface area contributed by atoms with Crippen molar-refractivity contribution in [3.05, 3.63) is 35.7 Å². The number of hydrogen-bond acceptors (Lipinski definition) is 6. The van der Waals surface area contributed by atoms with Gasteiger partial charge in [0.1, 0.15) is 5.82 Å². The van der Waals surface area contributed by atoms with Gasteiger partial charge in [0.05, 0.1) is 11.4 Å². The third kappa shape index (κ3) is 5.20. The van der Waals surface area contributed by atoms with Crippen molar-refractivity contribution in [2.75, 3.05) is 29.4 Å². The highest BCUT2D eigenvalue weighted by atomic mass is 32.2. The van der Waals surface area contributed by atoms with Crippen LogP contribution in [0.25, 0.3) is 0 Å². The molecule has 8 nitrogen and oxygen atoms in total. The number of anilines is 1. The molecule has 0 saturated heterocycles. The maximum Gasteiger partial charge on any atom is 0.251 e. The fourth-order valence-electron chi connectivity index (χ4n) is 1.97. The Hall–Kier alpha value is -2.07. The van der Waals surface area contributed by atoms with Crippen LogP contribution in [-0.4, -0.2) is 54.6 Å². The van der Waals surface area contributed by atoms with E-state index >= 15 is 0 Å². The minimum Gasteiger partial charge on any atom is -0.351 e. The number of carbonyl (C=O) groups is 1. The fraction of sp³-hybridized carbons (Fsp3) is 0.400. The first-order chi connectivity index (χ1) is 11.8. The highest BCUT2D eigenvalue weighted by Gasteiger charge is 2.16. The zero-order chi connectivity index (χ0) is 18.4. The number of aromatic amines is 1. The maximum absolute atomic E-state index is 12.1. The monoisotopic (exact) mass is 383 g/mol. The largest absolute Gasteiger partial charge is 0.351 e. The highest BCUT2D eigenvalue weighted by molar-refractivity contribution is 7.99. The van der Waals surface area contributed by atoms with E-state index in [0.29, 0.717) is 28.7 Å². The summed E-state index contributed by atoms with van der Waals surface area (Å²) < 4.78 is 24.9. The van der Waals surface area contributed by atoms with E-state index < -0.39 is 10.0 Å². The normalized spacial score (nSPS) is 11.3. The van der Waals surface area contributed by atoms with Gasteiger partial charge in [0.25, 0.3) is 5.91 Å². The summed E-state index contributed by atoms with van der Waals surface area (Å²) in [6.07, 6.45) is 0. The van der Waals surface area contributed by atoms with Gasteiger partial charge < -0.3 is 5.32 Å². The van der Waals surface area contributed by atoms with E-state index in [1.807, 2.05) is 6.92 Å². The Morgan fingerprint density at radius 3 is 2.56 bits per heavy atom. The van der Waals surface area contributed by atoms with Gasteiger partial charge in [0.2, 0.25) is 15.2 Å². The van der Waals surface area contributed by atoms with Crippen LogP contribution in [0.1, 0.15) is 23.1 Å². The van der Waals surface area contributed by atoms with Crippen LogP contribution in [0.4, 0.5) is 5.69 Å². The highest BCUT2D eigenvalue weighted by Crippen LogP contribution is 2.17. The van der Waals surface area contributed by atoms with Crippen molar-refractivity contribution in [2.24, 2.45) is 0 Å². The van der Waals surface area contributed by atoms with Crippen molar-refractivity contribution in [1.82, 2.24) is 20.5 Å². The summed E-state index contributed by atoms with van der Waals surface area (Å²) >= 11 is 1.45. The molecule has 25 heavy (non-hydrogen) atoms. The molecule has 0 atom stereocenters. The molecule has 0 aliphatic carbocycles. The number of hydrogen-bond donors (Lipinski definition) is 2. The average molecular weight is 383 g/mol. The predicted molar refractivity (Wildman–Crippen MR) is 98.5 cm³/mol. The number of thioether (sulfide) groups is 1. The number of carbonyl (C=O) groups excluding carboxylic acids is 1. The standard InChI is InChI=1S/C15H21N5O3S2/c1-4-25(22,23)20(3)13-7-5-12(6-8-13)14(21)16-9-10-24-15-17-11(2)18-19-15/h5-8H,4,9-10H2,1-3H3,(H,16,21)(H,17,18,19). The minimum absolute atomic E-state index is 0.0216. The Balaban J connectivity index is 1.85. The number of nitrogens with zero attached hydrogens (tertiary/aromatic N) is 3. The lowest BCUT2D eigenvalue weighted by Crippen LogP contribution is -2.28. The lowest BCUT2D eigenvalue weighted by Gasteiger charge is -2.18. The van der Waals surface area contributed by atoms with Crippen molar-refractivity contribution in [1.29, 1.82) is 0 Å².